The Balaban J connectivity index is 0.00000212. The van der Waals surface area contributed by atoms with Gasteiger partial charge in [-0.25, -0.2) is 5.01 Å². The predicted molar refractivity (Wildman–Crippen MR) is 134 cm³/mol. The number of hydrazine groups is 1. The van der Waals surface area contributed by atoms with Crippen molar-refractivity contribution in [2.24, 2.45) is 5.92 Å². The van der Waals surface area contributed by atoms with Crippen molar-refractivity contribution < 1.29 is 9.53 Å². The van der Waals surface area contributed by atoms with Gasteiger partial charge in [0.15, 0.2) is 0 Å². The van der Waals surface area contributed by atoms with Crippen molar-refractivity contribution in [2.75, 3.05) is 19.7 Å². The third-order valence-electron chi connectivity index (χ3n) is 4.76. The van der Waals surface area contributed by atoms with Crippen LogP contribution in [0.2, 0.25) is 0 Å². The van der Waals surface area contributed by atoms with E-state index >= 15 is 0 Å². The van der Waals surface area contributed by atoms with Gasteiger partial charge in [0.2, 0.25) is 0 Å². The van der Waals surface area contributed by atoms with Gasteiger partial charge in [0.1, 0.15) is 0 Å². The molecule has 1 aliphatic heterocycles. The predicted octanol–water partition coefficient (Wildman–Crippen LogP) is 6.69. The number of piperidine rings is 1. The molecule has 1 aromatic rings. The fourth-order valence-electron chi connectivity index (χ4n) is 3.09. The molecule has 31 heavy (non-hydrogen) atoms. The van der Waals surface area contributed by atoms with Crippen LogP contribution in [0.4, 0.5) is 0 Å². The van der Waals surface area contributed by atoms with Gasteiger partial charge >= 0.3 is 0 Å². The smallest absolute Gasteiger partial charge is 0.265 e. The maximum absolute atomic E-state index is 12.7. The highest BCUT2D eigenvalue weighted by Crippen LogP contribution is 2.16. The quantitative estimate of drug-likeness (QED) is 0.350. The van der Waals surface area contributed by atoms with Crippen LogP contribution in [0.15, 0.2) is 53.6 Å². The van der Waals surface area contributed by atoms with Crippen LogP contribution >= 0.6 is 0 Å². The molecule has 4 nitrogen and oxygen atoms in total. The van der Waals surface area contributed by atoms with Crippen LogP contribution in [0, 0.1) is 5.92 Å². The summed E-state index contributed by atoms with van der Waals surface area (Å²) in [5.74, 6) is 0.309. The largest absolute Gasteiger partial charge is 0.372 e. The number of ether oxygens (including phenoxy) is 1. The van der Waals surface area contributed by atoms with Crippen molar-refractivity contribution in [3.63, 3.8) is 0 Å². The van der Waals surface area contributed by atoms with Crippen molar-refractivity contribution >= 4 is 5.91 Å². The minimum absolute atomic E-state index is 0.0139. The van der Waals surface area contributed by atoms with E-state index in [0.29, 0.717) is 19.1 Å². The first-order valence-corrected chi connectivity index (χ1v) is 12.2. The molecule has 176 valence electrons. The third kappa shape index (κ3) is 12.5. The van der Waals surface area contributed by atoms with Crippen LogP contribution in [0.25, 0.3) is 0 Å². The van der Waals surface area contributed by atoms with E-state index in [1.54, 1.807) is 0 Å². The zero-order valence-corrected chi connectivity index (χ0v) is 21.0. The van der Waals surface area contributed by atoms with E-state index in [1.165, 1.54) is 6.42 Å². The highest BCUT2D eigenvalue weighted by atomic mass is 16.5. The summed E-state index contributed by atoms with van der Waals surface area (Å²) in [5.41, 5.74) is 6.10. The molecular formula is C27H46N2O2. The molecule has 1 heterocycles. The molecule has 1 fully saturated rings. The first-order chi connectivity index (χ1) is 15.1. The maximum atomic E-state index is 12.7. The van der Waals surface area contributed by atoms with Gasteiger partial charge in [-0.2, -0.15) is 0 Å². The molecule has 0 bridgehead atoms. The van der Waals surface area contributed by atoms with Gasteiger partial charge in [-0.15, -0.1) is 0 Å². The Morgan fingerprint density at radius 1 is 1.06 bits per heavy atom. The topological polar surface area (TPSA) is 41.6 Å². The van der Waals surface area contributed by atoms with Crippen LogP contribution in [-0.2, 0) is 16.1 Å². The normalized spacial score (nSPS) is 14.8. The van der Waals surface area contributed by atoms with Crippen LogP contribution < -0.4 is 5.43 Å². The molecule has 0 radical (unpaired) electrons. The fraction of sp³-hybridized carbons (Fsp3) is 0.593. The Bertz CT molecular complexity index is 630. The molecule has 0 aromatic heterocycles. The molecule has 0 saturated carbocycles. The van der Waals surface area contributed by atoms with E-state index in [1.807, 2.05) is 63.1 Å². The lowest BCUT2D eigenvalue weighted by Gasteiger charge is -2.27. The maximum Gasteiger partial charge on any atom is 0.265 e. The number of rotatable bonds is 9. The Morgan fingerprint density at radius 2 is 1.68 bits per heavy atom. The van der Waals surface area contributed by atoms with E-state index in [9.17, 15) is 4.79 Å². The van der Waals surface area contributed by atoms with Crippen LogP contribution in [0.3, 0.4) is 0 Å². The van der Waals surface area contributed by atoms with E-state index in [-0.39, 0.29) is 5.91 Å². The highest BCUT2D eigenvalue weighted by molar-refractivity contribution is 5.96. The molecule has 0 atom stereocenters. The number of carbonyl (C=O) groups is 1. The molecule has 4 heteroatoms. The number of allylic oxidation sites excluding steroid dienone is 1. The lowest BCUT2D eigenvalue weighted by atomic mass is 10.0. The summed E-state index contributed by atoms with van der Waals surface area (Å²) >= 11 is 0. The Labute approximate surface area is 191 Å². The summed E-state index contributed by atoms with van der Waals surface area (Å²) in [6.07, 6.45) is 8.38. The molecule has 1 aromatic carbocycles. The van der Waals surface area contributed by atoms with Crippen molar-refractivity contribution in [3.8, 4) is 0 Å². The summed E-state index contributed by atoms with van der Waals surface area (Å²) in [5, 5.41) is 2.05. The zero-order valence-electron chi connectivity index (χ0n) is 21.0. The number of hydrogen-bond acceptors (Lipinski definition) is 3. The average molecular weight is 431 g/mol. The fourth-order valence-corrected chi connectivity index (χ4v) is 3.09. The second-order valence-electron chi connectivity index (χ2n) is 7.41. The summed E-state index contributed by atoms with van der Waals surface area (Å²) < 4.78 is 5.91. The SMILES string of the molecule is CC.CC.CC/C=C(\C=C(/COCc1ccccc1)C(C)C)C(=O)NN1CCCCC1. The van der Waals surface area contributed by atoms with Crippen molar-refractivity contribution in [1.29, 1.82) is 0 Å². The lowest BCUT2D eigenvalue weighted by molar-refractivity contribution is -0.122. The molecule has 2 rings (SSSR count). The minimum Gasteiger partial charge on any atom is -0.372 e. The molecule has 1 N–H and O–H groups in total. The van der Waals surface area contributed by atoms with E-state index in [0.717, 1.165) is 49.1 Å². The molecule has 1 aliphatic rings. The van der Waals surface area contributed by atoms with Crippen molar-refractivity contribution in [3.05, 3.63) is 59.2 Å². The Hall–Kier alpha value is -1.91. The number of carbonyl (C=O) groups excluding carboxylic acids is 1. The molecular weight excluding hydrogens is 384 g/mol. The molecule has 1 saturated heterocycles. The minimum atomic E-state index is -0.0139. The summed E-state index contributed by atoms with van der Waals surface area (Å²) in [6, 6.07) is 10.2. The number of hydrogen-bond donors (Lipinski definition) is 1. The highest BCUT2D eigenvalue weighted by Gasteiger charge is 2.16. The van der Waals surface area contributed by atoms with Gasteiger partial charge in [0.05, 0.1) is 13.2 Å². The summed E-state index contributed by atoms with van der Waals surface area (Å²) in [7, 11) is 0. The van der Waals surface area contributed by atoms with Crippen LogP contribution in [-0.4, -0.2) is 30.6 Å². The van der Waals surface area contributed by atoms with Gasteiger partial charge in [0.25, 0.3) is 5.91 Å². The Morgan fingerprint density at radius 3 is 2.23 bits per heavy atom. The van der Waals surface area contributed by atoms with E-state index in [4.69, 9.17) is 4.74 Å². The second-order valence-corrected chi connectivity index (χ2v) is 7.41. The number of amides is 1. The second kappa shape index (κ2) is 18.8. The van der Waals surface area contributed by atoms with Gasteiger partial charge in [-0.1, -0.05) is 91.3 Å². The summed E-state index contributed by atoms with van der Waals surface area (Å²) in [6.45, 7) is 17.3. The van der Waals surface area contributed by atoms with Crippen molar-refractivity contribution in [1.82, 2.24) is 10.4 Å². The van der Waals surface area contributed by atoms with Crippen molar-refractivity contribution in [2.45, 2.75) is 80.8 Å². The van der Waals surface area contributed by atoms with Gasteiger partial charge in [-0.05, 0) is 42.4 Å². The van der Waals surface area contributed by atoms with E-state index in [2.05, 4.69) is 38.3 Å². The zero-order chi connectivity index (χ0) is 23.5. The molecule has 1 amide bonds. The number of nitrogens with zero attached hydrogens (tertiary/aromatic N) is 1. The van der Waals surface area contributed by atoms with Gasteiger partial charge in [-0.3, -0.25) is 10.2 Å². The summed E-state index contributed by atoms with van der Waals surface area (Å²) in [4.78, 5) is 12.7. The van der Waals surface area contributed by atoms with Crippen LogP contribution in [0.1, 0.15) is 79.7 Å². The third-order valence-corrected chi connectivity index (χ3v) is 4.76. The van der Waals surface area contributed by atoms with Gasteiger partial charge in [0, 0.05) is 18.7 Å². The first-order valence-electron chi connectivity index (χ1n) is 12.2. The molecule has 0 aliphatic carbocycles. The van der Waals surface area contributed by atoms with E-state index < -0.39 is 0 Å². The number of benzene rings is 1. The lowest BCUT2D eigenvalue weighted by Crippen LogP contribution is -2.45. The van der Waals surface area contributed by atoms with Gasteiger partial charge < -0.3 is 4.74 Å². The molecule has 0 spiro atoms. The average Bonchev–Trinajstić information content (AvgIpc) is 2.81. The number of nitrogens with one attached hydrogen (secondary N) is 1. The monoisotopic (exact) mass is 430 g/mol. The van der Waals surface area contributed by atoms with Crippen LogP contribution in [0.5, 0.6) is 0 Å². The Kier molecular flexibility index (Phi) is 17.7. The first kappa shape index (κ1) is 29.1. The standard InChI is InChI=1S/C23H34N2O2.2C2H6/c1-4-11-21(23(26)24-25-14-9-6-10-15-25)16-22(19(2)3)18-27-17-20-12-7-5-8-13-20;2*1-2/h5,7-8,11-13,16,19H,4,6,9-10,14-15,17-18H2,1-3H3,(H,24,26);2*1-2H3/b21-11+,22-16+;;. The molecule has 0 unspecified atom stereocenters.